The molecule has 0 amide bonds. The Morgan fingerprint density at radius 2 is 2.07 bits per heavy atom. The molecule has 5 nitrogen and oxygen atoms in total. The number of imidazole rings is 1. The van der Waals surface area contributed by atoms with E-state index in [4.69, 9.17) is 4.74 Å². The van der Waals surface area contributed by atoms with Crippen molar-refractivity contribution in [3.05, 3.63) is 59.2 Å². The highest BCUT2D eigenvalue weighted by Crippen LogP contribution is 2.24. The fraction of sp³-hybridized carbons (Fsp3) is 0.364. The molecule has 0 aliphatic carbocycles. The molecular formula is C22H24FN3O2. The molecule has 1 aliphatic heterocycles. The third-order valence-electron chi connectivity index (χ3n) is 5.53. The number of carbonyl (C=O) groups excluding carboxylic acids is 1. The van der Waals surface area contributed by atoms with Crippen molar-refractivity contribution in [1.29, 1.82) is 0 Å². The van der Waals surface area contributed by atoms with Gasteiger partial charge in [0.2, 0.25) is 0 Å². The average Bonchev–Trinajstić information content (AvgIpc) is 3.12. The Kier molecular flexibility index (Phi) is 5.39. The summed E-state index contributed by atoms with van der Waals surface area (Å²) in [6.45, 7) is 2.81. The Labute approximate surface area is 163 Å². The van der Waals surface area contributed by atoms with Gasteiger partial charge in [-0.25, -0.2) is 9.37 Å². The molecule has 0 atom stereocenters. The van der Waals surface area contributed by atoms with Crippen LogP contribution in [-0.2, 0) is 13.0 Å². The minimum Gasteiger partial charge on any atom is -0.497 e. The standard InChI is InChI=1S/C22H24FN3O2/c1-28-18-3-5-20-21(12-18)25-22(24-20)13-26-8-6-15(7-9-26)10-16-2-4-19(23)17(11-16)14-27/h2-5,11-12,14-15H,6-10,13H2,1H3,(H,24,25). The van der Waals surface area contributed by atoms with Gasteiger partial charge in [-0.2, -0.15) is 0 Å². The first-order valence-corrected chi connectivity index (χ1v) is 9.63. The number of aldehydes is 1. The summed E-state index contributed by atoms with van der Waals surface area (Å²) in [4.78, 5) is 21.4. The van der Waals surface area contributed by atoms with Gasteiger partial charge >= 0.3 is 0 Å². The van der Waals surface area contributed by atoms with Crippen LogP contribution in [-0.4, -0.2) is 41.4 Å². The molecule has 1 saturated heterocycles. The van der Waals surface area contributed by atoms with Crippen molar-refractivity contribution in [2.24, 2.45) is 5.92 Å². The van der Waals surface area contributed by atoms with Gasteiger partial charge < -0.3 is 9.72 Å². The van der Waals surface area contributed by atoms with E-state index >= 15 is 0 Å². The van der Waals surface area contributed by atoms with Crippen LogP contribution in [0.25, 0.3) is 11.0 Å². The summed E-state index contributed by atoms with van der Waals surface area (Å²) in [6, 6.07) is 10.7. The van der Waals surface area contributed by atoms with Gasteiger partial charge in [0.15, 0.2) is 6.29 Å². The zero-order chi connectivity index (χ0) is 19.5. The lowest BCUT2D eigenvalue weighted by Crippen LogP contribution is -2.34. The molecule has 28 heavy (non-hydrogen) atoms. The Morgan fingerprint density at radius 1 is 1.25 bits per heavy atom. The van der Waals surface area contributed by atoms with E-state index in [9.17, 15) is 9.18 Å². The van der Waals surface area contributed by atoms with E-state index in [2.05, 4.69) is 14.9 Å². The molecule has 0 bridgehead atoms. The quantitative estimate of drug-likeness (QED) is 0.656. The second kappa shape index (κ2) is 8.10. The van der Waals surface area contributed by atoms with Crippen LogP contribution in [0.5, 0.6) is 5.75 Å². The molecule has 1 aliphatic rings. The predicted octanol–water partition coefficient (Wildman–Crippen LogP) is 3.98. The van der Waals surface area contributed by atoms with Crippen LogP contribution in [0.4, 0.5) is 4.39 Å². The second-order valence-corrected chi connectivity index (χ2v) is 7.46. The molecular weight excluding hydrogens is 357 g/mol. The predicted molar refractivity (Wildman–Crippen MR) is 106 cm³/mol. The van der Waals surface area contributed by atoms with Crippen LogP contribution in [0.15, 0.2) is 36.4 Å². The highest BCUT2D eigenvalue weighted by Gasteiger charge is 2.21. The number of hydrogen-bond acceptors (Lipinski definition) is 4. The number of rotatable bonds is 6. The molecule has 6 heteroatoms. The lowest BCUT2D eigenvalue weighted by molar-refractivity contribution is 0.111. The third kappa shape index (κ3) is 4.07. The lowest BCUT2D eigenvalue weighted by atomic mass is 9.89. The molecule has 2 heterocycles. The zero-order valence-electron chi connectivity index (χ0n) is 16.0. The molecule has 1 aromatic heterocycles. The molecule has 4 rings (SSSR count). The Morgan fingerprint density at radius 3 is 2.82 bits per heavy atom. The number of H-pyrrole nitrogens is 1. The minimum absolute atomic E-state index is 0.149. The number of methoxy groups -OCH3 is 1. The van der Waals surface area contributed by atoms with Gasteiger partial charge in [0, 0.05) is 6.07 Å². The fourth-order valence-corrected chi connectivity index (χ4v) is 3.95. The van der Waals surface area contributed by atoms with Crippen molar-refractivity contribution in [2.75, 3.05) is 20.2 Å². The van der Waals surface area contributed by atoms with Crippen LogP contribution in [0, 0.1) is 11.7 Å². The summed E-state index contributed by atoms with van der Waals surface area (Å²) >= 11 is 0. The normalized spacial score (nSPS) is 15.8. The van der Waals surface area contributed by atoms with Gasteiger partial charge in [0.25, 0.3) is 0 Å². The number of hydrogen-bond donors (Lipinski definition) is 1. The number of halogens is 1. The second-order valence-electron chi connectivity index (χ2n) is 7.46. The number of aromatic nitrogens is 2. The molecule has 1 fully saturated rings. The summed E-state index contributed by atoms with van der Waals surface area (Å²) in [5, 5.41) is 0. The van der Waals surface area contributed by atoms with Crippen molar-refractivity contribution in [3.8, 4) is 5.75 Å². The van der Waals surface area contributed by atoms with E-state index in [1.807, 2.05) is 18.2 Å². The molecule has 1 N–H and O–H groups in total. The van der Waals surface area contributed by atoms with E-state index in [1.165, 1.54) is 6.07 Å². The van der Waals surface area contributed by atoms with Gasteiger partial charge in [-0.05, 0) is 68.1 Å². The van der Waals surface area contributed by atoms with E-state index < -0.39 is 5.82 Å². The van der Waals surface area contributed by atoms with Gasteiger partial charge in [-0.3, -0.25) is 9.69 Å². The number of benzene rings is 2. The number of aromatic amines is 1. The monoisotopic (exact) mass is 381 g/mol. The number of ether oxygens (including phenoxy) is 1. The van der Waals surface area contributed by atoms with Crippen LogP contribution < -0.4 is 4.74 Å². The third-order valence-corrected chi connectivity index (χ3v) is 5.53. The first-order chi connectivity index (χ1) is 13.6. The molecule has 3 aromatic rings. The zero-order valence-corrected chi connectivity index (χ0v) is 16.0. The van der Waals surface area contributed by atoms with E-state index in [-0.39, 0.29) is 5.56 Å². The summed E-state index contributed by atoms with van der Waals surface area (Å²) in [5.74, 6) is 1.90. The van der Waals surface area contributed by atoms with Gasteiger partial charge in [0.05, 0.1) is 30.3 Å². The number of nitrogens with one attached hydrogen (secondary N) is 1. The number of nitrogens with zero attached hydrogens (tertiary/aromatic N) is 2. The summed E-state index contributed by atoms with van der Waals surface area (Å²) in [7, 11) is 1.66. The maximum Gasteiger partial charge on any atom is 0.153 e. The Balaban J connectivity index is 1.33. The maximum atomic E-state index is 13.5. The number of likely N-dealkylation sites (tertiary alicyclic amines) is 1. The minimum atomic E-state index is -0.447. The van der Waals surface area contributed by atoms with E-state index in [0.717, 1.165) is 67.1 Å². The highest BCUT2D eigenvalue weighted by molar-refractivity contribution is 5.77. The number of piperidine rings is 1. The number of fused-ring (bicyclic) bond motifs is 1. The molecule has 0 unspecified atom stereocenters. The van der Waals surface area contributed by atoms with Crippen LogP contribution >= 0.6 is 0 Å². The SMILES string of the molecule is COc1ccc2nc(CN3CCC(Cc4ccc(F)c(C=O)c4)CC3)[nH]c2c1. The van der Waals surface area contributed by atoms with E-state index in [1.54, 1.807) is 19.2 Å². The largest absolute Gasteiger partial charge is 0.497 e. The first-order valence-electron chi connectivity index (χ1n) is 9.63. The van der Waals surface area contributed by atoms with E-state index in [0.29, 0.717) is 12.2 Å². The first kappa shape index (κ1) is 18.6. The number of carbonyl (C=O) groups is 1. The Bertz CT molecular complexity index is 977. The maximum absolute atomic E-state index is 13.5. The summed E-state index contributed by atoms with van der Waals surface area (Å²) < 4.78 is 18.7. The van der Waals surface area contributed by atoms with Crippen molar-refractivity contribution >= 4 is 17.3 Å². The molecule has 2 aromatic carbocycles. The van der Waals surface area contributed by atoms with Crippen LogP contribution in [0.2, 0.25) is 0 Å². The summed E-state index contributed by atoms with van der Waals surface area (Å²) in [6.07, 6.45) is 3.65. The average molecular weight is 381 g/mol. The molecule has 0 radical (unpaired) electrons. The smallest absolute Gasteiger partial charge is 0.153 e. The molecule has 146 valence electrons. The van der Waals surface area contributed by atoms with Crippen molar-refractivity contribution < 1.29 is 13.9 Å². The Hall–Kier alpha value is -2.73. The van der Waals surface area contributed by atoms with Crippen LogP contribution in [0.3, 0.4) is 0 Å². The fourth-order valence-electron chi connectivity index (χ4n) is 3.95. The van der Waals surface area contributed by atoms with Crippen molar-refractivity contribution in [3.63, 3.8) is 0 Å². The van der Waals surface area contributed by atoms with Crippen molar-refractivity contribution in [1.82, 2.24) is 14.9 Å². The van der Waals surface area contributed by atoms with Gasteiger partial charge in [0.1, 0.15) is 17.4 Å². The lowest BCUT2D eigenvalue weighted by Gasteiger charge is -2.31. The topological polar surface area (TPSA) is 58.2 Å². The molecule has 0 spiro atoms. The van der Waals surface area contributed by atoms with Crippen LogP contribution in [0.1, 0.15) is 34.6 Å². The highest BCUT2D eigenvalue weighted by atomic mass is 19.1. The van der Waals surface area contributed by atoms with Gasteiger partial charge in [-0.15, -0.1) is 0 Å². The molecule has 0 saturated carbocycles. The summed E-state index contributed by atoms with van der Waals surface area (Å²) in [5.41, 5.74) is 3.13. The van der Waals surface area contributed by atoms with Crippen molar-refractivity contribution in [2.45, 2.75) is 25.8 Å². The van der Waals surface area contributed by atoms with Gasteiger partial charge in [-0.1, -0.05) is 6.07 Å².